The summed E-state index contributed by atoms with van der Waals surface area (Å²) in [5, 5.41) is 0. The average molecular weight is 185 g/mol. The van der Waals surface area contributed by atoms with Gasteiger partial charge in [-0.05, 0) is 12.8 Å². The van der Waals surface area contributed by atoms with E-state index >= 15 is 0 Å². The first-order valence-electron chi connectivity index (χ1n) is 5.02. The zero-order chi connectivity index (χ0) is 8.93. The predicted octanol–water partition coefficient (Wildman–Crippen LogP) is 0.131. The van der Waals surface area contributed by atoms with E-state index < -0.39 is 7.32 Å². The lowest BCUT2D eigenvalue weighted by Crippen LogP contribution is -2.29. The van der Waals surface area contributed by atoms with Crippen LogP contribution >= 0.6 is 0 Å². The van der Waals surface area contributed by atoms with Gasteiger partial charge in [0.15, 0.2) is 0 Å². The van der Waals surface area contributed by atoms with Gasteiger partial charge in [0.05, 0.1) is 0 Å². The summed E-state index contributed by atoms with van der Waals surface area (Å²) in [4.78, 5) is 2.42. The summed E-state index contributed by atoms with van der Waals surface area (Å²) in [7, 11) is -0.418. The number of hydrogen-bond acceptors (Lipinski definition) is 4. The molecule has 2 fully saturated rings. The molecule has 0 saturated carbocycles. The summed E-state index contributed by atoms with van der Waals surface area (Å²) in [6.45, 7) is 5.43. The van der Waals surface area contributed by atoms with E-state index in [1.54, 1.807) is 0 Å². The van der Waals surface area contributed by atoms with Crippen LogP contribution in [0.4, 0.5) is 0 Å². The molecule has 0 amide bonds. The molecule has 0 aromatic carbocycles. The smallest absolute Gasteiger partial charge is 0.386 e. The Kier molecular flexibility index (Phi) is 3.60. The SMILES string of the molecule is C1COB2OCCCN(C1)CCO2. The molecule has 0 aromatic heterocycles. The first kappa shape index (κ1) is 9.46. The fourth-order valence-corrected chi connectivity index (χ4v) is 1.69. The molecule has 0 N–H and O–H groups in total. The Morgan fingerprint density at radius 1 is 0.769 bits per heavy atom. The zero-order valence-corrected chi connectivity index (χ0v) is 7.91. The van der Waals surface area contributed by atoms with Crippen molar-refractivity contribution in [1.29, 1.82) is 0 Å². The molecule has 0 aliphatic carbocycles. The lowest BCUT2D eigenvalue weighted by molar-refractivity contribution is 0.100. The molecule has 4 nitrogen and oxygen atoms in total. The maximum Gasteiger partial charge on any atom is 0.639 e. The number of nitrogens with zero attached hydrogens (tertiary/aromatic N) is 1. The Morgan fingerprint density at radius 2 is 1.38 bits per heavy atom. The van der Waals surface area contributed by atoms with Crippen molar-refractivity contribution in [3.63, 3.8) is 0 Å². The molecule has 0 spiro atoms. The normalized spacial score (nSPS) is 27.2. The minimum atomic E-state index is -0.418. The van der Waals surface area contributed by atoms with Gasteiger partial charge in [-0.3, -0.25) is 0 Å². The lowest BCUT2D eigenvalue weighted by atomic mass is 10.2. The standard InChI is InChI=1S/C8H16BNO3/c1-3-10-4-2-7-12-9(11-6-1)13-8-5-10/h1-8H2. The highest BCUT2D eigenvalue weighted by atomic mass is 16.7. The highest BCUT2D eigenvalue weighted by Crippen LogP contribution is 2.05. The zero-order valence-electron chi connectivity index (χ0n) is 7.91. The van der Waals surface area contributed by atoms with Crippen molar-refractivity contribution < 1.29 is 14.0 Å². The summed E-state index contributed by atoms with van der Waals surface area (Å²) >= 11 is 0. The van der Waals surface area contributed by atoms with Crippen molar-refractivity contribution >= 4 is 7.32 Å². The van der Waals surface area contributed by atoms with E-state index in [9.17, 15) is 0 Å². The molecular weight excluding hydrogens is 169 g/mol. The second-order valence-corrected chi connectivity index (χ2v) is 3.45. The Balaban J connectivity index is 1.95. The van der Waals surface area contributed by atoms with Gasteiger partial charge in [-0.1, -0.05) is 0 Å². The molecule has 2 rings (SSSR count). The Morgan fingerprint density at radius 3 is 2.08 bits per heavy atom. The number of fused-ring (bicyclic) bond motifs is 4. The molecule has 5 heteroatoms. The van der Waals surface area contributed by atoms with Gasteiger partial charge in [-0.2, -0.15) is 0 Å². The maximum absolute atomic E-state index is 5.43. The third kappa shape index (κ3) is 2.95. The van der Waals surface area contributed by atoms with Crippen LogP contribution in [0.1, 0.15) is 12.8 Å². The molecule has 13 heavy (non-hydrogen) atoms. The van der Waals surface area contributed by atoms with Crippen molar-refractivity contribution in [2.45, 2.75) is 12.8 Å². The third-order valence-electron chi connectivity index (χ3n) is 2.41. The molecule has 74 valence electrons. The summed E-state index contributed by atoms with van der Waals surface area (Å²) in [5.41, 5.74) is 0. The molecular formula is C8H16BNO3. The van der Waals surface area contributed by atoms with Crippen LogP contribution in [0, 0.1) is 0 Å². The molecule has 2 heterocycles. The Bertz CT molecular complexity index is 130. The first-order valence-corrected chi connectivity index (χ1v) is 5.02. The van der Waals surface area contributed by atoms with E-state index in [-0.39, 0.29) is 0 Å². The second-order valence-electron chi connectivity index (χ2n) is 3.45. The number of hydrogen-bond donors (Lipinski definition) is 0. The van der Waals surface area contributed by atoms with E-state index in [0.29, 0.717) is 6.61 Å². The van der Waals surface area contributed by atoms with Crippen LogP contribution in [0.2, 0.25) is 0 Å². The van der Waals surface area contributed by atoms with Crippen LogP contribution in [0.25, 0.3) is 0 Å². The molecule has 2 bridgehead atoms. The van der Waals surface area contributed by atoms with Gasteiger partial charge in [0.1, 0.15) is 0 Å². The van der Waals surface area contributed by atoms with Gasteiger partial charge in [0.25, 0.3) is 0 Å². The van der Waals surface area contributed by atoms with E-state index in [1.165, 1.54) is 0 Å². The minimum absolute atomic E-state index is 0.418. The van der Waals surface area contributed by atoms with Crippen molar-refractivity contribution in [1.82, 2.24) is 4.90 Å². The van der Waals surface area contributed by atoms with Gasteiger partial charge < -0.3 is 18.9 Å². The van der Waals surface area contributed by atoms with Crippen molar-refractivity contribution in [2.75, 3.05) is 39.5 Å². The van der Waals surface area contributed by atoms with Gasteiger partial charge >= 0.3 is 7.32 Å². The molecule has 0 aromatic rings. The van der Waals surface area contributed by atoms with Gasteiger partial charge in [0.2, 0.25) is 0 Å². The van der Waals surface area contributed by atoms with Gasteiger partial charge in [-0.25, -0.2) is 0 Å². The van der Waals surface area contributed by atoms with Crippen LogP contribution < -0.4 is 0 Å². The Hall–Kier alpha value is -0.0951. The van der Waals surface area contributed by atoms with Crippen LogP contribution in [-0.2, 0) is 14.0 Å². The molecule has 0 radical (unpaired) electrons. The predicted molar refractivity (Wildman–Crippen MR) is 49.3 cm³/mol. The third-order valence-corrected chi connectivity index (χ3v) is 2.41. The molecule has 0 unspecified atom stereocenters. The summed E-state index contributed by atoms with van der Waals surface area (Å²) < 4.78 is 16.3. The lowest BCUT2D eigenvalue weighted by Gasteiger charge is -2.20. The van der Waals surface area contributed by atoms with E-state index in [0.717, 1.165) is 45.7 Å². The molecule has 0 atom stereocenters. The van der Waals surface area contributed by atoms with E-state index in [2.05, 4.69) is 4.90 Å². The fraction of sp³-hybridized carbons (Fsp3) is 1.00. The van der Waals surface area contributed by atoms with Crippen LogP contribution in [0.5, 0.6) is 0 Å². The van der Waals surface area contributed by atoms with Crippen molar-refractivity contribution in [3.8, 4) is 0 Å². The first-order chi connectivity index (χ1) is 6.45. The quantitative estimate of drug-likeness (QED) is 0.502. The minimum Gasteiger partial charge on any atom is -0.386 e. The molecule has 2 aliphatic heterocycles. The summed E-state index contributed by atoms with van der Waals surface area (Å²) in [6.07, 6.45) is 2.15. The largest absolute Gasteiger partial charge is 0.639 e. The van der Waals surface area contributed by atoms with E-state index in [1.807, 2.05) is 0 Å². The topological polar surface area (TPSA) is 30.9 Å². The van der Waals surface area contributed by atoms with Gasteiger partial charge in [-0.15, -0.1) is 0 Å². The molecule has 2 saturated heterocycles. The van der Waals surface area contributed by atoms with Crippen LogP contribution in [0.15, 0.2) is 0 Å². The average Bonchev–Trinajstić information content (AvgIpc) is 2.33. The molecule has 2 aliphatic rings. The van der Waals surface area contributed by atoms with Crippen LogP contribution in [-0.4, -0.2) is 51.7 Å². The number of rotatable bonds is 0. The fourth-order valence-electron chi connectivity index (χ4n) is 1.69. The summed E-state index contributed by atoms with van der Waals surface area (Å²) in [5.74, 6) is 0. The highest BCUT2D eigenvalue weighted by molar-refractivity contribution is 6.36. The van der Waals surface area contributed by atoms with Gasteiger partial charge in [0, 0.05) is 39.5 Å². The second kappa shape index (κ2) is 4.95. The van der Waals surface area contributed by atoms with E-state index in [4.69, 9.17) is 14.0 Å². The maximum atomic E-state index is 5.43. The summed E-state index contributed by atoms with van der Waals surface area (Å²) in [6, 6.07) is 0. The van der Waals surface area contributed by atoms with Crippen molar-refractivity contribution in [2.24, 2.45) is 0 Å². The Labute approximate surface area is 79.3 Å². The highest BCUT2D eigenvalue weighted by Gasteiger charge is 2.24. The van der Waals surface area contributed by atoms with Crippen molar-refractivity contribution in [3.05, 3.63) is 0 Å². The van der Waals surface area contributed by atoms with Crippen LogP contribution in [0.3, 0.4) is 0 Å². The monoisotopic (exact) mass is 185 g/mol.